The summed E-state index contributed by atoms with van der Waals surface area (Å²) in [5.74, 6) is -0.846. The van der Waals surface area contributed by atoms with Crippen molar-refractivity contribution in [1.82, 2.24) is 4.90 Å². The molecule has 1 aromatic rings. The Kier molecular flexibility index (Phi) is 3.28. The van der Waals surface area contributed by atoms with Crippen LogP contribution in [0.1, 0.15) is 26.2 Å². The third kappa shape index (κ3) is 2.11. The summed E-state index contributed by atoms with van der Waals surface area (Å²) in [5, 5.41) is 8.97. The number of nitrogens with zero attached hydrogens (tertiary/aromatic N) is 1. The van der Waals surface area contributed by atoms with E-state index in [9.17, 15) is 4.79 Å². The number of fused-ring (bicyclic) bond motifs is 1. The number of rotatable bonds is 2. The zero-order chi connectivity index (χ0) is 11.7. The maximum Gasteiger partial charge on any atom is 0.345 e. The topological polar surface area (TPSA) is 49.8 Å². The Morgan fingerprint density at radius 3 is 3.06 bits per heavy atom. The minimum Gasteiger partial charge on any atom is -0.477 e. The molecular weight excluding hydrogens is 226 g/mol. The number of carboxylic acids is 1. The molecule has 0 fully saturated rings. The predicted octanol–water partition coefficient (Wildman–Crippen LogP) is 1.62. The van der Waals surface area contributed by atoms with Crippen LogP contribution in [0.5, 0.6) is 0 Å². The molecule has 2 rings (SSSR count). The second-order valence-electron chi connectivity index (χ2n) is 4.03. The van der Waals surface area contributed by atoms with Crippen molar-refractivity contribution >= 4 is 17.3 Å². The highest BCUT2D eigenvalue weighted by molar-refractivity contribution is 7.14. The Morgan fingerprint density at radius 2 is 2.44 bits per heavy atom. The van der Waals surface area contributed by atoms with Crippen LogP contribution in [0.25, 0.3) is 0 Å². The standard InChI is InChI=1S/C11H15NO3S/c1-12-4-3-9-7(8(6-12)15-2)5-10(16-9)11(13)14/h5,8H,3-4,6H2,1-2H3,(H,13,14)/t8-/m0/s1. The van der Waals surface area contributed by atoms with Crippen LogP contribution in [0, 0.1) is 0 Å². The van der Waals surface area contributed by atoms with Gasteiger partial charge in [-0.25, -0.2) is 4.79 Å². The molecule has 0 aromatic carbocycles. The van der Waals surface area contributed by atoms with Crippen LogP contribution in [-0.4, -0.2) is 43.2 Å². The molecule has 0 saturated carbocycles. The first-order valence-electron chi connectivity index (χ1n) is 5.19. The maximum atomic E-state index is 10.9. The average Bonchev–Trinajstić information content (AvgIpc) is 2.61. The van der Waals surface area contributed by atoms with E-state index in [1.54, 1.807) is 13.2 Å². The van der Waals surface area contributed by atoms with Gasteiger partial charge < -0.3 is 14.7 Å². The molecule has 1 aromatic heterocycles. The van der Waals surface area contributed by atoms with Gasteiger partial charge in [0.05, 0.1) is 6.10 Å². The third-order valence-corrected chi connectivity index (χ3v) is 4.08. The quantitative estimate of drug-likeness (QED) is 0.855. The molecule has 0 bridgehead atoms. The molecule has 16 heavy (non-hydrogen) atoms. The smallest absolute Gasteiger partial charge is 0.345 e. The Morgan fingerprint density at radius 1 is 1.69 bits per heavy atom. The predicted molar refractivity (Wildman–Crippen MR) is 62.2 cm³/mol. The maximum absolute atomic E-state index is 10.9. The Balaban J connectivity index is 2.36. The molecule has 1 atom stereocenters. The van der Waals surface area contributed by atoms with Gasteiger partial charge in [0, 0.05) is 25.1 Å². The van der Waals surface area contributed by atoms with Gasteiger partial charge in [-0.3, -0.25) is 0 Å². The van der Waals surface area contributed by atoms with Gasteiger partial charge in [-0.1, -0.05) is 0 Å². The van der Waals surface area contributed by atoms with Gasteiger partial charge in [-0.2, -0.15) is 0 Å². The van der Waals surface area contributed by atoms with Crippen molar-refractivity contribution < 1.29 is 14.6 Å². The highest BCUT2D eigenvalue weighted by Gasteiger charge is 2.24. The summed E-state index contributed by atoms with van der Waals surface area (Å²) in [5.41, 5.74) is 1.05. The molecule has 1 aliphatic rings. The Bertz CT molecular complexity index is 402. The molecule has 1 N–H and O–H groups in total. The number of likely N-dealkylation sites (N-methyl/N-ethyl adjacent to an activating group) is 1. The van der Waals surface area contributed by atoms with Gasteiger partial charge in [0.2, 0.25) is 0 Å². The number of hydrogen-bond donors (Lipinski definition) is 1. The van der Waals surface area contributed by atoms with Crippen molar-refractivity contribution in [2.24, 2.45) is 0 Å². The Hall–Kier alpha value is -0.910. The van der Waals surface area contributed by atoms with Crippen molar-refractivity contribution in [2.75, 3.05) is 27.2 Å². The minimum absolute atomic E-state index is 0.00755. The van der Waals surface area contributed by atoms with Gasteiger partial charge in [-0.15, -0.1) is 11.3 Å². The number of carbonyl (C=O) groups is 1. The van der Waals surface area contributed by atoms with Gasteiger partial charge in [0.1, 0.15) is 4.88 Å². The van der Waals surface area contributed by atoms with E-state index in [0.717, 1.165) is 30.0 Å². The SMILES string of the molecule is CO[C@H]1CN(C)CCc2sc(C(=O)O)cc21. The molecule has 5 heteroatoms. The van der Waals surface area contributed by atoms with E-state index >= 15 is 0 Å². The van der Waals surface area contributed by atoms with E-state index in [1.165, 1.54) is 11.3 Å². The molecule has 4 nitrogen and oxygen atoms in total. The molecule has 0 saturated heterocycles. The minimum atomic E-state index is -0.846. The van der Waals surface area contributed by atoms with Crippen molar-refractivity contribution in [3.8, 4) is 0 Å². The van der Waals surface area contributed by atoms with Crippen molar-refractivity contribution in [2.45, 2.75) is 12.5 Å². The number of aromatic carboxylic acids is 1. The monoisotopic (exact) mass is 241 g/mol. The van der Waals surface area contributed by atoms with E-state index in [1.807, 2.05) is 0 Å². The van der Waals surface area contributed by atoms with Crippen LogP contribution in [0.4, 0.5) is 0 Å². The van der Waals surface area contributed by atoms with Crippen molar-refractivity contribution in [3.05, 3.63) is 21.4 Å². The van der Waals surface area contributed by atoms with E-state index in [0.29, 0.717) is 4.88 Å². The largest absolute Gasteiger partial charge is 0.477 e. The van der Waals surface area contributed by atoms with E-state index in [4.69, 9.17) is 9.84 Å². The van der Waals surface area contributed by atoms with Gasteiger partial charge >= 0.3 is 5.97 Å². The molecule has 0 radical (unpaired) electrons. The first-order chi connectivity index (χ1) is 7.61. The summed E-state index contributed by atoms with van der Waals surface area (Å²) in [4.78, 5) is 14.7. The summed E-state index contributed by atoms with van der Waals surface area (Å²) in [7, 11) is 3.73. The lowest BCUT2D eigenvalue weighted by Crippen LogP contribution is -2.24. The van der Waals surface area contributed by atoms with Crippen molar-refractivity contribution in [1.29, 1.82) is 0 Å². The Labute approximate surface area is 98.4 Å². The van der Waals surface area contributed by atoms with Crippen LogP contribution in [-0.2, 0) is 11.2 Å². The van der Waals surface area contributed by atoms with Gasteiger partial charge in [0.15, 0.2) is 0 Å². The summed E-state index contributed by atoms with van der Waals surface area (Å²) in [6.45, 7) is 1.77. The van der Waals surface area contributed by atoms with E-state index in [-0.39, 0.29) is 6.10 Å². The average molecular weight is 241 g/mol. The number of thiophene rings is 1. The zero-order valence-electron chi connectivity index (χ0n) is 9.40. The number of carboxylic acid groups (broad SMARTS) is 1. The lowest BCUT2D eigenvalue weighted by atomic mass is 10.1. The molecule has 0 unspecified atom stereocenters. The lowest BCUT2D eigenvalue weighted by molar-refractivity contribution is 0.0699. The first kappa shape index (κ1) is 11.6. The van der Waals surface area contributed by atoms with Gasteiger partial charge in [-0.05, 0) is 25.1 Å². The highest BCUT2D eigenvalue weighted by atomic mass is 32.1. The molecule has 88 valence electrons. The summed E-state index contributed by atoms with van der Waals surface area (Å²) >= 11 is 1.37. The lowest BCUT2D eigenvalue weighted by Gasteiger charge is -2.18. The molecular formula is C11H15NO3S. The zero-order valence-corrected chi connectivity index (χ0v) is 10.2. The molecule has 0 spiro atoms. The molecule has 0 aliphatic carbocycles. The number of ether oxygens (including phenoxy) is 1. The van der Waals surface area contributed by atoms with E-state index in [2.05, 4.69) is 11.9 Å². The summed E-state index contributed by atoms with van der Waals surface area (Å²) in [6.07, 6.45) is 0.899. The fourth-order valence-electron chi connectivity index (χ4n) is 1.98. The van der Waals surface area contributed by atoms with Gasteiger partial charge in [0.25, 0.3) is 0 Å². The molecule has 1 aliphatic heterocycles. The third-order valence-electron chi connectivity index (χ3n) is 2.88. The molecule has 2 heterocycles. The summed E-state index contributed by atoms with van der Waals surface area (Å²) < 4.78 is 5.43. The second-order valence-corrected chi connectivity index (χ2v) is 5.17. The van der Waals surface area contributed by atoms with E-state index < -0.39 is 5.97 Å². The van der Waals surface area contributed by atoms with Crippen LogP contribution in [0.3, 0.4) is 0 Å². The highest BCUT2D eigenvalue weighted by Crippen LogP contribution is 2.32. The van der Waals surface area contributed by atoms with Crippen LogP contribution >= 0.6 is 11.3 Å². The fourth-order valence-corrected chi connectivity index (χ4v) is 3.02. The fraction of sp³-hybridized carbons (Fsp3) is 0.545. The summed E-state index contributed by atoms with van der Waals surface area (Å²) in [6, 6.07) is 1.76. The normalized spacial score (nSPS) is 21.5. The second kappa shape index (κ2) is 4.53. The van der Waals surface area contributed by atoms with Crippen LogP contribution in [0.15, 0.2) is 6.07 Å². The first-order valence-corrected chi connectivity index (χ1v) is 6.00. The van der Waals surface area contributed by atoms with Crippen molar-refractivity contribution in [3.63, 3.8) is 0 Å². The number of methoxy groups -OCH3 is 1. The van der Waals surface area contributed by atoms with Crippen LogP contribution in [0.2, 0.25) is 0 Å². The van der Waals surface area contributed by atoms with Crippen LogP contribution < -0.4 is 0 Å². The molecule has 0 amide bonds. The number of hydrogen-bond acceptors (Lipinski definition) is 4.